The van der Waals surface area contributed by atoms with E-state index in [1.54, 1.807) is 11.3 Å². The molecule has 0 aliphatic heterocycles. The van der Waals surface area contributed by atoms with E-state index in [9.17, 15) is 0 Å². The second-order valence-corrected chi connectivity index (χ2v) is 12.6. The van der Waals surface area contributed by atoms with Gasteiger partial charge in [-0.1, -0.05) is 152 Å². The van der Waals surface area contributed by atoms with Crippen molar-refractivity contribution in [1.82, 2.24) is 19.9 Å². The molecule has 0 radical (unpaired) electrons. The van der Waals surface area contributed by atoms with Crippen molar-refractivity contribution >= 4 is 44.0 Å². The molecule has 0 aliphatic carbocycles. The van der Waals surface area contributed by atoms with Gasteiger partial charge < -0.3 is 0 Å². The maximum Gasteiger partial charge on any atom is 0.164 e. The van der Waals surface area contributed by atoms with E-state index in [0.717, 1.165) is 60.3 Å². The molecule has 0 spiro atoms. The van der Waals surface area contributed by atoms with E-state index < -0.39 is 0 Å². The van der Waals surface area contributed by atoms with Gasteiger partial charge in [0.05, 0.1) is 10.2 Å². The summed E-state index contributed by atoms with van der Waals surface area (Å²) in [6, 6.07) is 50.0. The third-order valence-electron chi connectivity index (χ3n) is 8.38. The van der Waals surface area contributed by atoms with E-state index in [2.05, 4.69) is 97.6 Å². The third-order valence-corrected chi connectivity index (χ3v) is 9.45. The van der Waals surface area contributed by atoms with Crippen LogP contribution >= 0.6 is 11.3 Å². The van der Waals surface area contributed by atoms with Crippen LogP contribution in [0.2, 0.25) is 0 Å². The van der Waals surface area contributed by atoms with Crippen LogP contribution in [-0.4, -0.2) is 19.9 Å². The zero-order valence-electron chi connectivity index (χ0n) is 26.6. The summed E-state index contributed by atoms with van der Waals surface area (Å²) < 4.78 is 1.18. The maximum atomic E-state index is 5.07. The average molecular weight is 647 g/mol. The second-order valence-electron chi connectivity index (χ2n) is 11.6. The zero-order chi connectivity index (χ0) is 33.0. The average Bonchev–Trinajstić information content (AvgIpc) is 3.62. The summed E-state index contributed by atoms with van der Waals surface area (Å²) in [7, 11) is 0. The molecule has 8 aromatic rings. The zero-order valence-corrected chi connectivity index (χ0v) is 27.4. The molecule has 0 N–H and O–H groups in total. The van der Waals surface area contributed by atoms with Crippen molar-refractivity contribution in [3.05, 3.63) is 182 Å². The first-order chi connectivity index (χ1) is 24.2. The van der Waals surface area contributed by atoms with Crippen LogP contribution in [0.4, 0.5) is 0 Å². The number of fused-ring (bicyclic) bond motifs is 2. The fraction of sp³-hybridized carbons (Fsp3) is 0. The van der Waals surface area contributed by atoms with E-state index in [4.69, 9.17) is 19.9 Å². The van der Waals surface area contributed by atoms with E-state index in [1.807, 2.05) is 78.9 Å². The molecule has 0 amide bonds. The van der Waals surface area contributed by atoms with Gasteiger partial charge in [-0.15, -0.1) is 11.3 Å². The van der Waals surface area contributed by atoms with Gasteiger partial charge in [-0.2, -0.15) is 0 Å². The van der Waals surface area contributed by atoms with E-state index in [-0.39, 0.29) is 0 Å². The van der Waals surface area contributed by atoms with Crippen molar-refractivity contribution in [2.75, 3.05) is 0 Å². The van der Waals surface area contributed by atoms with Gasteiger partial charge in [0.15, 0.2) is 17.5 Å². The minimum absolute atomic E-state index is 0.582. The number of para-hydroxylation sites is 1. The number of hydrogen-bond acceptors (Lipinski definition) is 5. The molecule has 0 saturated heterocycles. The Kier molecular flexibility index (Phi) is 8.24. The Morgan fingerprint density at radius 2 is 1.18 bits per heavy atom. The summed E-state index contributed by atoms with van der Waals surface area (Å²) in [5.41, 5.74) is 8.41. The number of allylic oxidation sites excluding steroid dienone is 4. The van der Waals surface area contributed by atoms with Crippen molar-refractivity contribution in [1.29, 1.82) is 0 Å². The van der Waals surface area contributed by atoms with Crippen LogP contribution in [0.5, 0.6) is 0 Å². The first kappa shape index (κ1) is 30.1. The van der Waals surface area contributed by atoms with Gasteiger partial charge in [0.25, 0.3) is 0 Å². The van der Waals surface area contributed by atoms with Crippen molar-refractivity contribution in [3.8, 4) is 44.5 Å². The molecule has 2 heterocycles. The second kappa shape index (κ2) is 13.4. The number of aromatic nitrogens is 4. The molecule has 0 fully saturated rings. The molecule has 5 heteroatoms. The minimum atomic E-state index is 0.582. The van der Waals surface area contributed by atoms with Gasteiger partial charge in [-0.05, 0) is 51.7 Å². The Morgan fingerprint density at radius 3 is 1.90 bits per heavy atom. The predicted octanol–water partition coefficient (Wildman–Crippen LogP) is 11.6. The predicted molar refractivity (Wildman–Crippen MR) is 206 cm³/mol. The number of hydrogen-bond donors (Lipinski definition) is 0. The van der Waals surface area contributed by atoms with E-state index >= 15 is 0 Å². The van der Waals surface area contributed by atoms with Crippen LogP contribution in [0.3, 0.4) is 0 Å². The van der Waals surface area contributed by atoms with Crippen LogP contribution in [0.25, 0.3) is 77.1 Å². The first-order valence-electron chi connectivity index (χ1n) is 16.1. The SMILES string of the molecule is C=C/C(=C\C=C\c1nc(-c2ccccc2)nc(-c2ccc3cc(-c4cccc5sc(-c6ccccc6)nc45)ccc3c2)n1)c1ccccc1. The molecule has 4 nitrogen and oxygen atoms in total. The molecule has 49 heavy (non-hydrogen) atoms. The van der Waals surface area contributed by atoms with Crippen molar-refractivity contribution in [2.24, 2.45) is 0 Å². The van der Waals surface area contributed by atoms with Crippen LogP contribution in [0.1, 0.15) is 11.4 Å². The highest BCUT2D eigenvalue weighted by atomic mass is 32.1. The molecule has 8 rings (SSSR count). The highest BCUT2D eigenvalue weighted by Gasteiger charge is 2.13. The molecule has 0 unspecified atom stereocenters. The van der Waals surface area contributed by atoms with Crippen molar-refractivity contribution in [3.63, 3.8) is 0 Å². The van der Waals surface area contributed by atoms with Gasteiger partial charge in [0.1, 0.15) is 5.01 Å². The van der Waals surface area contributed by atoms with Gasteiger partial charge >= 0.3 is 0 Å². The van der Waals surface area contributed by atoms with Crippen LogP contribution < -0.4 is 0 Å². The lowest BCUT2D eigenvalue weighted by Gasteiger charge is -2.09. The topological polar surface area (TPSA) is 51.6 Å². The quantitative estimate of drug-likeness (QED) is 0.154. The molecule has 0 bridgehead atoms. The maximum absolute atomic E-state index is 5.07. The number of nitrogens with zero attached hydrogens (tertiary/aromatic N) is 4. The molecule has 0 aliphatic rings. The Labute approximate surface area is 289 Å². The molecule has 0 atom stereocenters. The smallest absolute Gasteiger partial charge is 0.164 e. The largest absolute Gasteiger partial charge is 0.235 e. The highest BCUT2D eigenvalue weighted by Crippen LogP contribution is 2.37. The fourth-order valence-electron chi connectivity index (χ4n) is 5.90. The fourth-order valence-corrected chi connectivity index (χ4v) is 6.90. The standard InChI is InChI=1S/C44H30N4S/c1-2-30(31-14-6-3-7-15-31)20-12-23-40-45-42(32-16-8-4-9-17-32)48-43(46-40)37-27-25-34-28-36(26-24-35(34)29-37)38-21-13-22-39-41(38)47-44(49-39)33-18-10-5-11-19-33/h2-29H,1H2/b23-12+,30-20+. The van der Waals surface area contributed by atoms with Crippen LogP contribution in [0.15, 0.2) is 170 Å². The molecule has 232 valence electrons. The van der Waals surface area contributed by atoms with Crippen LogP contribution in [0, 0.1) is 0 Å². The summed E-state index contributed by atoms with van der Waals surface area (Å²) in [6.45, 7) is 4.00. The lowest BCUT2D eigenvalue weighted by atomic mass is 9.99. The molecule has 0 saturated carbocycles. The number of thiazole rings is 1. The summed E-state index contributed by atoms with van der Waals surface area (Å²) in [4.78, 5) is 19.7. The summed E-state index contributed by atoms with van der Waals surface area (Å²) in [5.74, 6) is 1.83. The molecule has 6 aromatic carbocycles. The Bertz CT molecular complexity index is 2500. The molecule has 2 aromatic heterocycles. The number of benzene rings is 6. The summed E-state index contributed by atoms with van der Waals surface area (Å²) in [6.07, 6.45) is 7.76. The van der Waals surface area contributed by atoms with Gasteiger partial charge in [-0.3, -0.25) is 0 Å². The lowest BCUT2D eigenvalue weighted by Crippen LogP contribution is -1.99. The Balaban J connectivity index is 1.15. The first-order valence-corrected chi connectivity index (χ1v) is 16.9. The van der Waals surface area contributed by atoms with Crippen molar-refractivity contribution in [2.45, 2.75) is 0 Å². The highest BCUT2D eigenvalue weighted by molar-refractivity contribution is 7.21. The summed E-state index contributed by atoms with van der Waals surface area (Å²) >= 11 is 1.73. The Morgan fingerprint density at radius 1 is 0.551 bits per heavy atom. The third kappa shape index (κ3) is 6.35. The molecular weight excluding hydrogens is 617 g/mol. The lowest BCUT2D eigenvalue weighted by molar-refractivity contribution is 1.05. The molecular formula is C44H30N4S. The normalized spacial score (nSPS) is 11.8. The van der Waals surface area contributed by atoms with Gasteiger partial charge in [0, 0.05) is 22.3 Å². The van der Waals surface area contributed by atoms with Gasteiger partial charge in [0.2, 0.25) is 0 Å². The monoisotopic (exact) mass is 646 g/mol. The minimum Gasteiger partial charge on any atom is -0.235 e. The summed E-state index contributed by atoms with van der Waals surface area (Å²) in [5, 5.41) is 3.28. The number of rotatable bonds is 8. The van der Waals surface area contributed by atoms with Crippen molar-refractivity contribution < 1.29 is 0 Å². The van der Waals surface area contributed by atoms with E-state index in [1.165, 1.54) is 4.70 Å². The van der Waals surface area contributed by atoms with E-state index in [0.29, 0.717) is 17.5 Å². The van der Waals surface area contributed by atoms with Crippen LogP contribution in [-0.2, 0) is 0 Å². The Hall–Kier alpha value is -6.30. The van der Waals surface area contributed by atoms with Gasteiger partial charge in [-0.25, -0.2) is 19.9 Å².